The molecule has 0 heterocycles. The molecule has 2 aromatic rings. The number of nitrogens with one attached hydrogen (secondary N) is 1. The van der Waals surface area contributed by atoms with E-state index in [1.807, 2.05) is 24.3 Å². The van der Waals surface area contributed by atoms with Crippen molar-refractivity contribution in [2.45, 2.75) is 44.8 Å². The maximum absolute atomic E-state index is 11.3. The number of rotatable bonds is 5. The molecule has 3 rings (SSSR count). The third kappa shape index (κ3) is 4.56. The first-order valence-electron chi connectivity index (χ1n) is 8.79. The molecule has 0 aromatic heterocycles. The standard InChI is InChI=1S/C21H21ClN2O2/c1-14(25)15-2-5-17(6-3-15)24-18-7-10-19(11-8-18)26-20-9-4-16(13-23)21(22)12-20/h2-6,9,12,18-19,24H,7-8,10-11H2,1H3. The van der Waals surface area contributed by atoms with Gasteiger partial charge in [0.25, 0.3) is 0 Å². The van der Waals surface area contributed by atoms with Crippen LogP contribution in [0.25, 0.3) is 0 Å². The SMILES string of the molecule is CC(=O)c1ccc(NC2CCC(Oc3ccc(C#N)c(Cl)c3)CC2)cc1. The number of Topliss-reactive ketones (excluding diaryl/α,β-unsaturated/α-hetero) is 1. The van der Waals surface area contributed by atoms with Crippen molar-refractivity contribution in [3.8, 4) is 11.8 Å². The number of hydrogen-bond donors (Lipinski definition) is 1. The van der Waals surface area contributed by atoms with E-state index in [0.717, 1.165) is 36.9 Å². The van der Waals surface area contributed by atoms with Crippen molar-refractivity contribution in [2.75, 3.05) is 5.32 Å². The molecule has 0 aliphatic heterocycles. The lowest BCUT2D eigenvalue weighted by Gasteiger charge is -2.30. The van der Waals surface area contributed by atoms with Crippen LogP contribution in [0, 0.1) is 11.3 Å². The zero-order valence-corrected chi connectivity index (χ0v) is 15.4. The largest absolute Gasteiger partial charge is 0.490 e. The zero-order chi connectivity index (χ0) is 18.5. The molecule has 1 N–H and O–H groups in total. The van der Waals surface area contributed by atoms with Crippen molar-refractivity contribution in [1.82, 2.24) is 0 Å². The van der Waals surface area contributed by atoms with E-state index < -0.39 is 0 Å². The van der Waals surface area contributed by atoms with Gasteiger partial charge in [-0.25, -0.2) is 0 Å². The van der Waals surface area contributed by atoms with Crippen LogP contribution < -0.4 is 10.1 Å². The molecule has 1 fully saturated rings. The van der Waals surface area contributed by atoms with Crippen molar-refractivity contribution in [2.24, 2.45) is 0 Å². The molecule has 0 amide bonds. The van der Waals surface area contributed by atoms with Gasteiger partial charge in [0, 0.05) is 23.4 Å². The van der Waals surface area contributed by atoms with Crippen molar-refractivity contribution in [1.29, 1.82) is 5.26 Å². The molecule has 0 saturated heterocycles. The molecule has 1 saturated carbocycles. The molecule has 134 valence electrons. The second-order valence-electron chi connectivity index (χ2n) is 6.62. The summed E-state index contributed by atoms with van der Waals surface area (Å²) in [6, 6.07) is 15.3. The molecule has 0 atom stereocenters. The van der Waals surface area contributed by atoms with Gasteiger partial charge in [0.1, 0.15) is 11.8 Å². The Bertz CT molecular complexity index is 819. The van der Waals surface area contributed by atoms with Gasteiger partial charge in [0.05, 0.1) is 16.7 Å². The molecule has 26 heavy (non-hydrogen) atoms. The minimum Gasteiger partial charge on any atom is -0.490 e. The summed E-state index contributed by atoms with van der Waals surface area (Å²) in [5.74, 6) is 0.794. The van der Waals surface area contributed by atoms with Crippen LogP contribution in [-0.4, -0.2) is 17.9 Å². The van der Waals surface area contributed by atoms with Crippen molar-refractivity contribution < 1.29 is 9.53 Å². The monoisotopic (exact) mass is 368 g/mol. The number of hydrogen-bond acceptors (Lipinski definition) is 4. The number of anilines is 1. The van der Waals surface area contributed by atoms with Crippen LogP contribution in [0.4, 0.5) is 5.69 Å². The lowest BCUT2D eigenvalue weighted by molar-refractivity contribution is 0.101. The van der Waals surface area contributed by atoms with Gasteiger partial charge in [-0.1, -0.05) is 11.6 Å². The molecule has 1 aliphatic rings. The van der Waals surface area contributed by atoms with Crippen LogP contribution in [0.2, 0.25) is 5.02 Å². The normalized spacial score (nSPS) is 19.4. The van der Waals surface area contributed by atoms with Gasteiger partial charge in [-0.15, -0.1) is 0 Å². The highest BCUT2D eigenvalue weighted by Crippen LogP contribution is 2.28. The van der Waals surface area contributed by atoms with Gasteiger partial charge in [0.2, 0.25) is 0 Å². The first kappa shape index (κ1) is 18.3. The summed E-state index contributed by atoms with van der Waals surface area (Å²) in [5.41, 5.74) is 2.23. The molecule has 4 nitrogen and oxygen atoms in total. The maximum atomic E-state index is 11.3. The molecule has 5 heteroatoms. The quantitative estimate of drug-likeness (QED) is 0.735. The van der Waals surface area contributed by atoms with E-state index in [2.05, 4.69) is 11.4 Å². The summed E-state index contributed by atoms with van der Waals surface area (Å²) >= 11 is 6.06. The number of benzene rings is 2. The van der Waals surface area contributed by atoms with E-state index in [-0.39, 0.29) is 11.9 Å². The van der Waals surface area contributed by atoms with Gasteiger partial charge < -0.3 is 10.1 Å². The Morgan fingerprint density at radius 1 is 1.15 bits per heavy atom. The molecule has 0 spiro atoms. The first-order valence-corrected chi connectivity index (χ1v) is 9.17. The highest BCUT2D eigenvalue weighted by Gasteiger charge is 2.22. The predicted octanol–water partition coefficient (Wildman–Crippen LogP) is 5.22. The second-order valence-corrected chi connectivity index (χ2v) is 7.03. The fraction of sp³-hybridized carbons (Fsp3) is 0.333. The van der Waals surface area contributed by atoms with Crippen LogP contribution in [0.1, 0.15) is 48.5 Å². The van der Waals surface area contributed by atoms with Gasteiger partial charge in [-0.2, -0.15) is 5.26 Å². The van der Waals surface area contributed by atoms with E-state index in [1.165, 1.54) is 0 Å². The highest BCUT2D eigenvalue weighted by atomic mass is 35.5. The third-order valence-corrected chi connectivity index (χ3v) is 5.01. The van der Waals surface area contributed by atoms with Gasteiger partial charge in [-0.05, 0) is 69.0 Å². The summed E-state index contributed by atoms with van der Waals surface area (Å²) < 4.78 is 6.02. The molecule has 2 aromatic carbocycles. The molecule has 0 unspecified atom stereocenters. The minimum absolute atomic E-state index is 0.0807. The van der Waals surface area contributed by atoms with Crippen molar-refractivity contribution in [3.63, 3.8) is 0 Å². The van der Waals surface area contributed by atoms with Crippen LogP contribution in [0.5, 0.6) is 5.75 Å². The topological polar surface area (TPSA) is 62.1 Å². The summed E-state index contributed by atoms with van der Waals surface area (Å²) in [4.78, 5) is 11.3. The van der Waals surface area contributed by atoms with Crippen molar-refractivity contribution >= 4 is 23.1 Å². The Morgan fingerprint density at radius 3 is 2.42 bits per heavy atom. The summed E-state index contributed by atoms with van der Waals surface area (Å²) in [6.45, 7) is 1.57. The van der Waals surface area contributed by atoms with Gasteiger partial charge in [-0.3, -0.25) is 4.79 Å². The smallest absolute Gasteiger partial charge is 0.159 e. The molecular weight excluding hydrogens is 348 g/mol. The number of ketones is 1. The lowest BCUT2D eigenvalue weighted by Crippen LogP contribution is -2.31. The molecular formula is C21H21ClN2O2. The number of ether oxygens (including phenoxy) is 1. The lowest BCUT2D eigenvalue weighted by atomic mass is 9.92. The summed E-state index contributed by atoms with van der Waals surface area (Å²) in [5, 5.41) is 12.9. The highest BCUT2D eigenvalue weighted by molar-refractivity contribution is 6.31. The van der Waals surface area contributed by atoms with Crippen LogP contribution in [0.3, 0.4) is 0 Å². The Morgan fingerprint density at radius 2 is 1.85 bits per heavy atom. The molecule has 0 radical (unpaired) electrons. The van der Waals surface area contributed by atoms with E-state index >= 15 is 0 Å². The molecule has 1 aliphatic carbocycles. The fourth-order valence-corrected chi connectivity index (χ4v) is 3.43. The number of nitrogens with zero attached hydrogens (tertiary/aromatic N) is 1. The Hall–Kier alpha value is -2.51. The third-order valence-electron chi connectivity index (χ3n) is 4.70. The number of carbonyl (C=O) groups excluding carboxylic acids is 1. The Balaban J connectivity index is 1.50. The zero-order valence-electron chi connectivity index (χ0n) is 14.7. The Labute approximate surface area is 158 Å². The number of halogens is 1. The average Bonchev–Trinajstić information content (AvgIpc) is 2.64. The van der Waals surface area contributed by atoms with Gasteiger partial charge in [0.15, 0.2) is 5.78 Å². The van der Waals surface area contributed by atoms with Crippen LogP contribution in [-0.2, 0) is 0 Å². The van der Waals surface area contributed by atoms with Crippen molar-refractivity contribution in [3.05, 3.63) is 58.6 Å². The number of carbonyl (C=O) groups is 1. The number of nitriles is 1. The Kier molecular flexibility index (Phi) is 5.80. The first-order chi connectivity index (χ1) is 12.5. The second kappa shape index (κ2) is 8.25. The average molecular weight is 369 g/mol. The van der Waals surface area contributed by atoms with E-state index in [0.29, 0.717) is 22.4 Å². The maximum Gasteiger partial charge on any atom is 0.159 e. The minimum atomic E-state index is 0.0807. The van der Waals surface area contributed by atoms with Crippen LogP contribution in [0.15, 0.2) is 42.5 Å². The summed E-state index contributed by atoms with van der Waals surface area (Å²) in [7, 11) is 0. The summed E-state index contributed by atoms with van der Waals surface area (Å²) in [6.07, 6.45) is 4.12. The van der Waals surface area contributed by atoms with E-state index in [1.54, 1.807) is 25.1 Å². The van der Waals surface area contributed by atoms with Crippen LogP contribution >= 0.6 is 11.6 Å². The van der Waals surface area contributed by atoms with Gasteiger partial charge >= 0.3 is 0 Å². The van der Waals surface area contributed by atoms with E-state index in [4.69, 9.17) is 21.6 Å². The fourth-order valence-electron chi connectivity index (χ4n) is 3.21. The van der Waals surface area contributed by atoms with E-state index in [9.17, 15) is 4.79 Å². The predicted molar refractivity (Wildman–Crippen MR) is 103 cm³/mol. The molecule has 0 bridgehead atoms.